The summed E-state index contributed by atoms with van der Waals surface area (Å²) in [7, 11) is 0. The first-order valence-corrected chi connectivity index (χ1v) is 11.6. The minimum Gasteiger partial charge on any atom is -0.488 e. The van der Waals surface area contributed by atoms with Crippen molar-refractivity contribution >= 4 is 11.6 Å². The van der Waals surface area contributed by atoms with Crippen LogP contribution in [0.25, 0.3) is 0 Å². The minimum atomic E-state index is -0.822. The third-order valence-corrected chi connectivity index (χ3v) is 6.48. The molecule has 0 unspecified atom stereocenters. The highest BCUT2D eigenvalue weighted by atomic mass is 35.5. The zero-order valence-corrected chi connectivity index (χ0v) is 18.6. The third kappa shape index (κ3) is 6.44. The number of aliphatic hydroxyl groups is 2. The summed E-state index contributed by atoms with van der Waals surface area (Å²) in [6.45, 7) is 3.50. The first-order valence-electron chi connectivity index (χ1n) is 11.2. The Hall–Kier alpha value is -1.11. The van der Waals surface area contributed by atoms with Gasteiger partial charge >= 0.3 is 0 Å². The van der Waals surface area contributed by atoms with E-state index in [9.17, 15) is 10.2 Å². The maximum Gasteiger partial charge on any atom is 0.203 e. The summed E-state index contributed by atoms with van der Waals surface area (Å²) in [5.41, 5.74) is 0. The van der Waals surface area contributed by atoms with Crippen molar-refractivity contribution in [3.8, 4) is 5.75 Å². The number of hydrogen-bond acceptors (Lipinski definition) is 5. The van der Waals surface area contributed by atoms with Gasteiger partial charge in [0.1, 0.15) is 12.4 Å². The summed E-state index contributed by atoms with van der Waals surface area (Å²) in [5, 5.41) is 21.6. The number of rotatable bonds is 11. The molecule has 0 aromatic heterocycles. The second-order valence-electron chi connectivity index (χ2n) is 8.44. The lowest BCUT2D eigenvalue weighted by Crippen LogP contribution is -2.38. The van der Waals surface area contributed by atoms with Crippen molar-refractivity contribution in [3.05, 3.63) is 41.4 Å². The second-order valence-corrected chi connectivity index (χ2v) is 8.88. The van der Waals surface area contributed by atoms with Gasteiger partial charge < -0.3 is 24.4 Å². The summed E-state index contributed by atoms with van der Waals surface area (Å²) in [4.78, 5) is 0. The Morgan fingerprint density at radius 1 is 1.17 bits per heavy atom. The molecule has 0 amide bonds. The molecule has 1 heterocycles. The van der Waals surface area contributed by atoms with E-state index in [1.165, 1.54) is 12.8 Å². The summed E-state index contributed by atoms with van der Waals surface area (Å²) in [5.74, 6) is -0.0684. The first kappa shape index (κ1) is 23.6. The van der Waals surface area contributed by atoms with E-state index in [4.69, 9.17) is 25.8 Å². The summed E-state index contributed by atoms with van der Waals surface area (Å²) >= 11 is 6.04. The highest BCUT2D eigenvalue weighted by Crippen LogP contribution is 2.40. The van der Waals surface area contributed by atoms with Crippen LogP contribution < -0.4 is 4.74 Å². The Bertz CT molecular complexity index is 673. The van der Waals surface area contributed by atoms with Crippen molar-refractivity contribution in [1.29, 1.82) is 0 Å². The lowest BCUT2D eigenvalue weighted by Gasteiger charge is -2.30. The van der Waals surface area contributed by atoms with Crippen LogP contribution in [0.5, 0.6) is 5.75 Å². The quantitative estimate of drug-likeness (QED) is 0.386. The molecular weight excluding hydrogens is 404 g/mol. The van der Waals surface area contributed by atoms with Crippen LogP contribution in [0.15, 0.2) is 36.4 Å². The van der Waals surface area contributed by atoms with Crippen molar-refractivity contribution < 1.29 is 24.4 Å². The van der Waals surface area contributed by atoms with Crippen molar-refractivity contribution in [2.24, 2.45) is 11.8 Å². The smallest absolute Gasteiger partial charge is 0.203 e. The van der Waals surface area contributed by atoms with Crippen molar-refractivity contribution in [2.75, 3.05) is 19.8 Å². The molecule has 2 fully saturated rings. The van der Waals surface area contributed by atoms with Crippen LogP contribution >= 0.6 is 11.6 Å². The Kier molecular flexibility index (Phi) is 9.02. The van der Waals surface area contributed by atoms with E-state index in [1.807, 2.05) is 12.1 Å². The maximum absolute atomic E-state index is 10.6. The zero-order valence-electron chi connectivity index (χ0n) is 17.8. The fourth-order valence-corrected chi connectivity index (χ4v) is 4.71. The SMILES string of the molecule is CCCC/C=C\C[C@@H]1[C@@H](CCC2(COc3cccc(Cl)c3)OCCO2)[C@H](O)C[C@@H]1O. The van der Waals surface area contributed by atoms with Gasteiger partial charge in [-0.15, -0.1) is 0 Å². The molecule has 0 radical (unpaired) electrons. The monoisotopic (exact) mass is 438 g/mol. The van der Waals surface area contributed by atoms with Crippen LogP contribution in [0.2, 0.25) is 5.02 Å². The van der Waals surface area contributed by atoms with E-state index >= 15 is 0 Å². The van der Waals surface area contributed by atoms with Gasteiger partial charge in [-0.1, -0.05) is 49.6 Å². The van der Waals surface area contributed by atoms with E-state index in [0.29, 0.717) is 43.2 Å². The molecule has 1 saturated heterocycles. The number of hydrogen-bond donors (Lipinski definition) is 2. The van der Waals surface area contributed by atoms with E-state index in [1.54, 1.807) is 12.1 Å². The Labute approximate surface area is 185 Å². The average Bonchev–Trinajstić information content (AvgIpc) is 3.29. The Balaban J connectivity index is 1.57. The number of halogens is 1. The van der Waals surface area contributed by atoms with Crippen molar-refractivity contribution in [3.63, 3.8) is 0 Å². The predicted octanol–water partition coefficient (Wildman–Crippen LogP) is 4.74. The molecule has 6 heteroatoms. The average molecular weight is 439 g/mol. The van der Waals surface area contributed by atoms with E-state index < -0.39 is 18.0 Å². The van der Waals surface area contributed by atoms with E-state index in [0.717, 1.165) is 12.8 Å². The van der Waals surface area contributed by atoms with Crippen molar-refractivity contribution in [1.82, 2.24) is 0 Å². The molecule has 3 rings (SSSR count). The van der Waals surface area contributed by atoms with Gasteiger partial charge in [0.15, 0.2) is 0 Å². The van der Waals surface area contributed by atoms with Gasteiger partial charge in [0.2, 0.25) is 5.79 Å². The minimum absolute atomic E-state index is 0.0201. The number of ether oxygens (including phenoxy) is 3. The van der Waals surface area contributed by atoms with Gasteiger partial charge in [0.25, 0.3) is 0 Å². The summed E-state index contributed by atoms with van der Waals surface area (Å²) in [6, 6.07) is 7.26. The van der Waals surface area contributed by atoms with Crippen LogP contribution in [0.3, 0.4) is 0 Å². The first-order chi connectivity index (χ1) is 14.5. The van der Waals surface area contributed by atoms with E-state index in [2.05, 4.69) is 19.1 Å². The molecule has 2 aliphatic rings. The number of aliphatic hydroxyl groups excluding tert-OH is 2. The van der Waals surface area contributed by atoms with Crippen LogP contribution in [0.4, 0.5) is 0 Å². The van der Waals surface area contributed by atoms with Gasteiger partial charge in [-0.05, 0) is 55.7 Å². The predicted molar refractivity (Wildman–Crippen MR) is 118 cm³/mol. The molecular formula is C24H35ClO5. The van der Waals surface area contributed by atoms with Gasteiger partial charge in [-0.2, -0.15) is 0 Å². The highest BCUT2D eigenvalue weighted by molar-refractivity contribution is 6.30. The molecule has 2 N–H and O–H groups in total. The number of benzene rings is 1. The fraction of sp³-hybridized carbons (Fsp3) is 0.667. The Morgan fingerprint density at radius 3 is 2.67 bits per heavy atom. The van der Waals surface area contributed by atoms with Gasteiger partial charge in [-0.3, -0.25) is 0 Å². The van der Waals surface area contributed by atoms with Crippen LogP contribution in [-0.2, 0) is 9.47 Å². The van der Waals surface area contributed by atoms with Crippen LogP contribution in [-0.4, -0.2) is 48.0 Å². The Morgan fingerprint density at radius 2 is 1.93 bits per heavy atom. The largest absolute Gasteiger partial charge is 0.488 e. The molecule has 4 atom stereocenters. The molecule has 5 nitrogen and oxygen atoms in total. The normalized spacial score (nSPS) is 28.4. The summed E-state index contributed by atoms with van der Waals surface area (Å²) < 4.78 is 17.8. The van der Waals surface area contributed by atoms with E-state index in [-0.39, 0.29) is 18.4 Å². The molecule has 1 aromatic carbocycles. The zero-order chi connectivity index (χ0) is 21.4. The lowest BCUT2D eigenvalue weighted by atomic mass is 9.85. The third-order valence-electron chi connectivity index (χ3n) is 6.25. The van der Waals surface area contributed by atoms with Gasteiger partial charge in [0, 0.05) is 11.4 Å². The lowest BCUT2D eigenvalue weighted by molar-refractivity contribution is -0.185. The van der Waals surface area contributed by atoms with Gasteiger partial charge in [-0.25, -0.2) is 0 Å². The van der Waals surface area contributed by atoms with Crippen LogP contribution in [0, 0.1) is 11.8 Å². The van der Waals surface area contributed by atoms with Crippen molar-refractivity contribution in [2.45, 2.75) is 69.9 Å². The van der Waals surface area contributed by atoms with Crippen LogP contribution in [0.1, 0.15) is 51.9 Å². The maximum atomic E-state index is 10.6. The molecule has 0 bridgehead atoms. The molecule has 1 aliphatic carbocycles. The number of unbranched alkanes of at least 4 members (excludes halogenated alkanes) is 2. The second kappa shape index (κ2) is 11.5. The number of allylic oxidation sites excluding steroid dienone is 2. The molecule has 30 heavy (non-hydrogen) atoms. The topological polar surface area (TPSA) is 68.2 Å². The molecule has 1 aromatic rings. The fourth-order valence-electron chi connectivity index (χ4n) is 4.53. The summed E-state index contributed by atoms with van der Waals surface area (Å²) in [6.07, 6.45) is 9.37. The molecule has 168 valence electrons. The molecule has 1 aliphatic heterocycles. The molecule has 1 saturated carbocycles. The van der Waals surface area contributed by atoms with Gasteiger partial charge in [0.05, 0.1) is 25.4 Å². The molecule has 0 spiro atoms. The highest BCUT2D eigenvalue weighted by Gasteiger charge is 2.44. The standard InChI is InChI=1S/C24H35ClO5/c1-2-3-4-5-6-10-20-21(23(27)16-22(20)26)11-12-24(29-13-14-30-24)17-28-19-9-7-8-18(25)15-19/h5-9,15,20-23,26-27H,2-4,10-14,16-17H2,1H3/b6-5-/t20-,21-,22+,23-/m1/s1.